The van der Waals surface area contributed by atoms with Crippen molar-refractivity contribution in [1.82, 2.24) is 15.0 Å². The van der Waals surface area contributed by atoms with Gasteiger partial charge in [0, 0.05) is 12.0 Å². The first kappa shape index (κ1) is 14.5. The van der Waals surface area contributed by atoms with Crippen LogP contribution in [0.15, 0.2) is 18.2 Å². The summed E-state index contributed by atoms with van der Waals surface area (Å²) in [6.45, 7) is 3.99. The molecule has 1 aliphatic heterocycles. The summed E-state index contributed by atoms with van der Waals surface area (Å²) >= 11 is 0. The number of aromatic nitrogens is 3. The summed E-state index contributed by atoms with van der Waals surface area (Å²) in [5, 5.41) is 3.21. The van der Waals surface area contributed by atoms with Crippen LogP contribution in [0.1, 0.15) is 42.5 Å². The molecule has 0 fully saturated rings. The summed E-state index contributed by atoms with van der Waals surface area (Å²) in [5.41, 5.74) is 7.81. The normalized spacial score (nSPS) is 18.2. The lowest BCUT2D eigenvalue weighted by Crippen LogP contribution is -2.22. The van der Waals surface area contributed by atoms with Crippen LogP contribution in [0, 0.1) is 6.92 Å². The molecule has 2 aromatic rings. The number of hydrogen-bond donors (Lipinski definition) is 2. The van der Waals surface area contributed by atoms with Crippen LogP contribution in [-0.4, -0.2) is 21.6 Å². The molecule has 1 aromatic carbocycles. The van der Waals surface area contributed by atoms with Crippen LogP contribution in [0.4, 0.5) is 16.3 Å². The van der Waals surface area contributed by atoms with Gasteiger partial charge in [0.05, 0.1) is 12.6 Å². The number of rotatable bonds is 3. The molecule has 1 aliphatic rings. The largest absolute Gasteiger partial charge is 0.493 e. The Labute approximate surface area is 128 Å². The smallest absolute Gasteiger partial charge is 0.228 e. The lowest BCUT2D eigenvalue weighted by molar-refractivity contribution is 0.274. The fourth-order valence-electron chi connectivity index (χ4n) is 2.47. The van der Waals surface area contributed by atoms with Crippen LogP contribution in [0.2, 0.25) is 0 Å². The Kier molecular flexibility index (Phi) is 3.79. The number of benzene rings is 1. The number of hydrogen-bond acceptors (Lipinski definition) is 6. The van der Waals surface area contributed by atoms with Gasteiger partial charge in [0.25, 0.3) is 0 Å². The highest BCUT2D eigenvalue weighted by molar-refractivity contribution is 5.45. The third kappa shape index (κ3) is 2.93. The number of fused-ring (bicyclic) bond motifs is 1. The first-order chi connectivity index (χ1) is 10.5. The molecule has 0 bridgehead atoms. The van der Waals surface area contributed by atoms with Crippen LogP contribution >= 0.6 is 0 Å². The fraction of sp³-hybridized carbons (Fsp3) is 0.400. The fourth-order valence-corrected chi connectivity index (χ4v) is 2.47. The second-order valence-corrected chi connectivity index (χ2v) is 5.37. The third-order valence-electron chi connectivity index (χ3n) is 3.53. The van der Waals surface area contributed by atoms with Crippen molar-refractivity contribution in [1.29, 1.82) is 0 Å². The molecule has 0 saturated carbocycles. The predicted molar refractivity (Wildman–Crippen MR) is 81.4 cm³/mol. The van der Waals surface area contributed by atoms with E-state index in [1.807, 2.05) is 19.1 Å². The second kappa shape index (κ2) is 5.75. The summed E-state index contributed by atoms with van der Waals surface area (Å²) in [5.74, 6) is 1.17. The van der Waals surface area contributed by atoms with Crippen molar-refractivity contribution in [2.24, 2.45) is 0 Å². The van der Waals surface area contributed by atoms with E-state index in [1.165, 1.54) is 6.92 Å². The van der Waals surface area contributed by atoms with Gasteiger partial charge in [-0.15, -0.1) is 0 Å². The van der Waals surface area contributed by atoms with Crippen molar-refractivity contribution in [2.75, 3.05) is 17.7 Å². The average molecular weight is 303 g/mol. The molecule has 116 valence electrons. The van der Waals surface area contributed by atoms with Gasteiger partial charge in [-0.05, 0) is 19.9 Å². The topological polar surface area (TPSA) is 86.0 Å². The lowest BCUT2D eigenvalue weighted by Gasteiger charge is -2.27. The van der Waals surface area contributed by atoms with Gasteiger partial charge in [-0.3, -0.25) is 0 Å². The summed E-state index contributed by atoms with van der Waals surface area (Å²) in [7, 11) is 0. The molecule has 1 aromatic heterocycles. The van der Waals surface area contributed by atoms with Gasteiger partial charge in [-0.2, -0.15) is 15.0 Å². The van der Waals surface area contributed by atoms with Gasteiger partial charge >= 0.3 is 0 Å². The van der Waals surface area contributed by atoms with E-state index in [0.29, 0.717) is 6.61 Å². The van der Waals surface area contributed by atoms with E-state index in [-0.39, 0.29) is 23.8 Å². The lowest BCUT2D eigenvalue weighted by atomic mass is 9.99. The Morgan fingerprint density at radius 3 is 2.95 bits per heavy atom. The van der Waals surface area contributed by atoms with Crippen molar-refractivity contribution >= 4 is 11.9 Å². The number of nitrogens with one attached hydrogen (secondary N) is 1. The Morgan fingerprint density at radius 2 is 2.18 bits per heavy atom. The number of halogens is 1. The predicted octanol–water partition coefficient (Wildman–Crippen LogP) is 2.73. The van der Waals surface area contributed by atoms with Crippen LogP contribution in [-0.2, 0) is 0 Å². The maximum absolute atomic E-state index is 13.4. The average Bonchev–Trinajstić information content (AvgIpc) is 2.47. The van der Waals surface area contributed by atoms with Crippen molar-refractivity contribution < 1.29 is 9.13 Å². The van der Waals surface area contributed by atoms with E-state index in [4.69, 9.17) is 10.5 Å². The summed E-state index contributed by atoms with van der Waals surface area (Å²) < 4.78 is 19.1. The molecule has 3 rings (SSSR count). The molecule has 0 radical (unpaired) electrons. The minimum Gasteiger partial charge on any atom is -0.493 e. The zero-order chi connectivity index (χ0) is 15.7. The molecule has 3 N–H and O–H groups in total. The highest BCUT2D eigenvalue weighted by atomic mass is 19.1. The van der Waals surface area contributed by atoms with E-state index in [0.717, 1.165) is 23.3 Å². The van der Waals surface area contributed by atoms with Crippen LogP contribution in [0.25, 0.3) is 0 Å². The molecular weight excluding hydrogens is 285 g/mol. The molecule has 2 heterocycles. The minimum absolute atomic E-state index is 0.00628. The van der Waals surface area contributed by atoms with Crippen LogP contribution in [0.3, 0.4) is 0 Å². The van der Waals surface area contributed by atoms with E-state index in [2.05, 4.69) is 26.3 Å². The minimum atomic E-state index is -1.30. The molecule has 6 nitrogen and oxygen atoms in total. The summed E-state index contributed by atoms with van der Waals surface area (Å²) in [6, 6.07) is 6.02. The van der Waals surface area contributed by atoms with Crippen molar-refractivity contribution in [3.05, 3.63) is 35.2 Å². The Hall–Kier alpha value is -2.44. The van der Waals surface area contributed by atoms with Gasteiger partial charge in [0.15, 0.2) is 12.0 Å². The number of aryl methyl sites for hydroxylation is 1. The van der Waals surface area contributed by atoms with Crippen LogP contribution < -0.4 is 15.8 Å². The zero-order valence-corrected chi connectivity index (χ0v) is 12.5. The number of ether oxygens (including phenoxy) is 1. The van der Waals surface area contributed by atoms with Crippen molar-refractivity contribution in [3.63, 3.8) is 0 Å². The van der Waals surface area contributed by atoms with Gasteiger partial charge in [-0.1, -0.05) is 17.7 Å². The van der Waals surface area contributed by atoms with E-state index in [9.17, 15) is 4.39 Å². The Morgan fingerprint density at radius 1 is 1.36 bits per heavy atom. The second-order valence-electron chi connectivity index (χ2n) is 5.37. The van der Waals surface area contributed by atoms with Gasteiger partial charge in [0.2, 0.25) is 11.9 Å². The monoisotopic (exact) mass is 303 g/mol. The first-order valence-corrected chi connectivity index (χ1v) is 7.18. The summed E-state index contributed by atoms with van der Waals surface area (Å²) in [4.78, 5) is 11.9. The molecule has 7 heteroatoms. The zero-order valence-electron chi connectivity index (χ0n) is 12.5. The maximum atomic E-state index is 13.4. The number of alkyl halides is 1. The van der Waals surface area contributed by atoms with E-state index < -0.39 is 6.17 Å². The molecule has 0 saturated heterocycles. The number of nitrogens with two attached hydrogens (primary N) is 1. The Bertz CT molecular complexity index is 692. The van der Waals surface area contributed by atoms with Crippen LogP contribution in [0.5, 0.6) is 5.75 Å². The maximum Gasteiger partial charge on any atom is 0.228 e. The van der Waals surface area contributed by atoms with E-state index in [1.54, 1.807) is 0 Å². The van der Waals surface area contributed by atoms with Gasteiger partial charge in [-0.25, -0.2) is 4.39 Å². The first-order valence-electron chi connectivity index (χ1n) is 7.18. The highest BCUT2D eigenvalue weighted by Gasteiger charge is 2.23. The molecule has 2 atom stereocenters. The number of nitrogen functional groups attached to an aromatic ring is 1. The van der Waals surface area contributed by atoms with Crippen molar-refractivity contribution in [2.45, 2.75) is 32.5 Å². The molecule has 0 unspecified atom stereocenters. The standard InChI is InChI=1S/C15H18FN5O/c1-8-3-4-12-10(7-8)11(5-6-22-12)18-15-20-13(9(2)16)19-14(17)21-15/h3-4,7,9,11H,5-6H2,1-2H3,(H3,17,18,19,20,21)/t9-,11-/m1/s1. The molecule has 0 amide bonds. The van der Waals surface area contributed by atoms with Crippen molar-refractivity contribution in [3.8, 4) is 5.75 Å². The summed E-state index contributed by atoms with van der Waals surface area (Å²) in [6.07, 6.45) is -0.530. The quantitative estimate of drug-likeness (QED) is 0.906. The van der Waals surface area contributed by atoms with Gasteiger partial charge < -0.3 is 15.8 Å². The SMILES string of the molecule is Cc1ccc2c(c1)[C@H](Nc1nc(N)nc([C@@H](C)F)n1)CCO2. The third-order valence-corrected chi connectivity index (χ3v) is 3.53. The van der Waals surface area contributed by atoms with E-state index >= 15 is 0 Å². The molecule has 0 spiro atoms. The number of anilines is 2. The molecular formula is C15H18FN5O. The number of nitrogens with zero attached hydrogens (tertiary/aromatic N) is 3. The van der Waals surface area contributed by atoms with Gasteiger partial charge in [0.1, 0.15) is 5.75 Å². The highest BCUT2D eigenvalue weighted by Crippen LogP contribution is 2.34. The molecule has 0 aliphatic carbocycles. The Balaban J connectivity index is 1.90. The molecule has 22 heavy (non-hydrogen) atoms.